The first kappa shape index (κ1) is 11.2. The zero-order chi connectivity index (χ0) is 10.6. The predicted octanol–water partition coefficient (Wildman–Crippen LogP) is 2.50. The lowest BCUT2D eigenvalue weighted by molar-refractivity contribution is -0.131. The van der Waals surface area contributed by atoms with Crippen molar-refractivity contribution in [2.75, 3.05) is 7.11 Å². The molecule has 0 unspecified atom stereocenters. The first-order valence-electron chi connectivity index (χ1n) is 5.06. The summed E-state index contributed by atoms with van der Waals surface area (Å²) in [5.41, 5.74) is -0.769. The Morgan fingerprint density at radius 2 is 1.93 bits per heavy atom. The third-order valence-electron chi connectivity index (χ3n) is 2.52. The van der Waals surface area contributed by atoms with Crippen LogP contribution in [0.2, 0.25) is 0 Å². The SMILES string of the molecule is COC1(C(=O)CCC(C)C)C=CC=C1. The van der Waals surface area contributed by atoms with Gasteiger partial charge in [-0.05, 0) is 24.5 Å². The molecular weight excluding hydrogens is 176 g/mol. The van der Waals surface area contributed by atoms with E-state index < -0.39 is 5.60 Å². The van der Waals surface area contributed by atoms with Gasteiger partial charge in [0.25, 0.3) is 0 Å². The quantitative estimate of drug-likeness (QED) is 0.672. The summed E-state index contributed by atoms with van der Waals surface area (Å²) in [6, 6.07) is 0. The van der Waals surface area contributed by atoms with Gasteiger partial charge in [0.15, 0.2) is 11.4 Å². The molecule has 78 valence electrons. The predicted molar refractivity (Wildman–Crippen MR) is 57.1 cm³/mol. The molecule has 0 saturated carbocycles. The van der Waals surface area contributed by atoms with Gasteiger partial charge in [0.2, 0.25) is 0 Å². The van der Waals surface area contributed by atoms with Gasteiger partial charge in [-0.3, -0.25) is 4.79 Å². The van der Waals surface area contributed by atoms with E-state index in [1.54, 1.807) is 7.11 Å². The Kier molecular flexibility index (Phi) is 3.64. The zero-order valence-electron chi connectivity index (χ0n) is 9.12. The molecule has 0 radical (unpaired) electrons. The average molecular weight is 194 g/mol. The maximum absolute atomic E-state index is 11.9. The van der Waals surface area contributed by atoms with Crippen molar-refractivity contribution in [3.05, 3.63) is 24.3 Å². The molecule has 1 aliphatic rings. The van der Waals surface area contributed by atoms with Crippen LogP contribution in [0, 0.1) is 5.92 Å². The van der Waals surface area contributed by atoms with Crippen molar-refractivity contribution in [3.8, 4) is 0 Å². The van der Waals surface area contributed by atoms with Crippen LogP contribution in [0.4, 0.5) is 0 Å². The summed E-state index contributed by atoms with van der Waals surface area (Å²) in [6.07, 6.45) is 8.85. The number of hydrogen-bond acceptors (Lipinski definition) is 2. The maximum Gasteiger partial charge on any atom is 0.172 e. The van der Waals surface area contributed by atoms with Crippen LogP contribution in [0.25, 0.3) is 0 Å². The number of rotatable bonds is 5. The molecule has 0 aliphatic heterocycles. The molecule has 0 heterocycles. The van der Waals surface area contributed by atoms with Crippen molar-refractivity contribution < 1.29 is 9.53 Å². The number of hydrogen-bond donors (Lipinski definition) is 0. The second-order valence-corrected chi connectivity index (χ2v) is 4.07. The van der Waals surface area contributed by atoms with Gasteiger partial charge in [-0.15, -0.1) is 0 Å². The van der Waals surface area contributed by atoms with Crippen molar-refractivity contribution in [1.29, 1.82) is 0 Å². The molecule has 0 aromatic carbocycles. The summed E-state index contributed by atoms with van der Waals surface area (Å²) < 4.78 is 5.27. The van der Waals surface area contributed by atoms with Crippen LogP contribution in [-0.4, -0.2) is 18.5 Å². The molecule has 0 fully saturated rings. The van der Waals surface area contributed by atoms with Gasteiger partial charge >= 0.3 is 0 Å². The summed E-state index contributed by atoms with van der Waals surface area (Å²) in [7, 11) is 1.58. The van der Waals surface area contributed by atoms with E-state index in [-0.39, 0.29) is 5.78 Å². The van der Waals surface area contributed by atoms with Gasteiger partial charge in [0.1, 0.15) is 0 Å². The summed E-state index contributed by atoms with van der Waals surface area (Å²) in [4.78, 5) is 11.9. The molecule has 1 rings (SSSR count). The van der Waals surface area contributed by atoms with Crippen LogP contribution in [0.5, 0.6) is 0 Å². The number of ketones is 1. The van der Waals surface area contributed by atoms with Gasteiger partial charge in [0, 0.05) is 13.5 Å². The van der Waals surface area contributed by atoms with Gasteiger partial charge in [0.05, 0.1) is 0 Å². The number of Topliss-reactive ketones (excluding diaryl/α,β-unsaturated/α-hetero) is 1. The van der Waals surface area contributed by atoms with Gasteiger partial charge in [-0.1, -0.05) is 26.0 Å². The third kappa shape index (κ3) is 2.32. The van der Waals surface area contributed by atoms with Crippen LogP contribution in [0.15, 0.2) is 24.3 Å². The van der Waals surface area contributed by atoms with Crippen LogP contribution >= 0.6 is 0 Å². The van der Waals surface area contributed by atoms with E-state index in [1.807, 2.05) is 24.3 Å². The molecule has 0 aromatic heterocycles. The molecule has 0 saturated heterocycles. The molecule has 0 amide bonds. The number of carbonyl (C=O) groups excluding carboxylic acids is 1. The van der Waals surface area contributed by atoms with Crippen molar-refractivity contribution in [1.82, 2.24) is 0 Å². The highest BCUT2D eigenvalue weighted by Crippen LogP contribution is 2.23. The Bertz CT molecular complexity index is 249. The lowest BCUT2D eigenvalue weighted by atomic mass is 9.94. The molecule has 2 nitrogen and oxygen atoms in total. The summed E-state index contributed by atoms with van der Waals surface area (Å²) in [5.74, 6) is 0.709. The average Bonchev–Trinajstić information content (AvgIpc) is 2.63. The Morgan fingerprint density at radius 1 is 1.36 bits per heavy atom. The minimum Gasteiger partial charge on any atom is -0.362 e. The molecule has 1 aliphatic carbocycles. The van der Waals surface area contributed by atoms with Crippen LogP contribution in [-0.2, 0) is 9.53 Å². The number of carbonyl (C=O) groups is 1. The van der Waals surface area contributed by atoms with Crippen LogP contribution in [0.3, 0.4) is 0 Å². The molecular formula is C12H18O2. The van der Waals surface area contributed by atoms with Crippen molar-refractivity contribution in [2.45, 2.75) is 32.3 Å². The maximum atomic E-state index is 11.9. The Labute approximate surface area is 85.6 Å². The van der Waals surface area contributed by atoms with E-state index in [2.05, 4.69) is 13.8 Å². The second kappa shape index (κ2) is 4.56. The van der Waals surface area contributed by atoms with Crippen molar-refractivity contribution >= 4 is 5.78 Å². The van der Waals surface area contributed by atoms with E-state index in [0.717, 1.165) is 6.42 Å². The molecule has 0 bridgehead atoms. The van der Waals surface area contributed by atoms with Gasteiger partial charge in [-0.2, -0.15) is 0 Å². The van der Waals surface area contributed by atoms with Crippen molar-refractivity contribution in [2.24, 2.45) is 5.92 Å². The smallest absolute Gasteiger partial charge is 0.172 e. The van der Waals surface area contributed by atoms with Gasteiger partial charge < -0.3 is 4.74 Å². The fraction of sp³-hybridized carbons (Fsp3) is 0.583. The third-order valence-corrected chi connectivity index (χ3v) is 2.52. The van der Waals surface area contributed by atoms with E-state index in [1.165, 1.54) is 0 Å². The highest BCUT2D eigenvalue weighted by molar-refractivity contribution is 5.92. The normalized spacial score (nSPS) is 18.0. The van der Waals surface area contributed by atoms with Gasteiger partial charge in [-0.25, -0.2) is 0 Å². The van der Waals surface area contributed by atoms with Crippen molar-refractivity contribution in [3.63, 3.8) is 0 Å². The molecule has 0 aromatic rings. The summed E-state index contributed by atoms with van der Waals surface area (Å²) in [5, 5.41) is 0. The zero-order valence-corrected chi connectivity index (χ0v) is 9.12. The highest BCUT2D eigenvalue weighted by atomic mass is 16.5. The van der Waals surface area contributed by atoms with Crippen LogP contribution in [0.1, 0.15) is 26.7 Å². The highest BCUT2D eigenvalue weighted by Gasteiger charge is 2.33. The largest absolute Gasteiger partial charge is 0.362 e. The fourth-order valence-corrected chi connectivity index (χ4v) is 1.50. The van der Waals surface area contributed by atoms with E-state index in [9.17, 15) is 4.79 Å². The Morgan fingerprint density at radius 3 is 2.36 bits per heavy atom. The summed E-state index contributed by atoms with van der Waals surface area (Å²) in [6.45, 7) is 4.24. The standard InChI is InChI=1S/C12H18O2/c1-10(2)6-7-11(13)12(14-3)8-4-5-9-12/h4-5,8-10H,6-7H2,1-3H3. The lowest BCUT2D eigenvalue weighted by Gasteiger charge is -2.22. The monoisotopic (exact) mass is 194 g/mol. The molecule has 0 spiro atoms. The molecule has 14 heavy (non-hydrogen) atoms. The minimum atomic E-state index is -0.769. The van der Waals surface area contributed by atoms with E-state index >= 15 is 0 Å². The fourth-order valence-electron chi connectivity index (χ4n) is 1.50. The summed E-state index contributed by atoms with van der Waals surface area (Å²) >= 11 is 0. The minimum absolute atomic E-state index is 0.152. The van der Waals surface area contributed by atoms with Crippen LogP contribution < -0.4 is 0 Å². The number of ether oxygens (including phenoxy) is 1. The lowest BCUT2D eigenvalue weighted by Crippen LogP contribution is -2.35. The Hall–Kier alpha value is -0.890. The molecule has 0 N–H and O–H groups in total. The molecule has 0 atom stereocenters. The number of methoxy groups -OCH3 is 1. The first-order valence-corrected chi connectivity index (χ1v) is 5.06. The topological polar surface area (TPSA) is 26.3 Å². The number of allylic oxidation sites excluding steroid dienone is 2. The second-order valence-electron chi connectivity index (χ2n) is 4.07. The first-order chi connectivity index (χ1) is 6.60. The molecule has 2 heteroatoms. The van der Waals surface area contributed by atoms with E-state index in [0.29, 0.717) is 12.3 Å². The van der Waals surface area contributed by atoms with E-state index in [4.69, 9.17) is 4.74 Å². The Balaban J connectivity index is 2.58.